The van der Waals surface area contributed by atoms with Crippen LogP contribution in [0.2, 0.25) is 0 Å². The van der Waals surface area contributed by atoms with Crippen molar-refractivity contribution in [3.8, 4) is 5.75 Å². The van der Waals surface area contributed by atoms with Crippen LogP contribution in [0, 0.1) is 5.92 Å². The quantitative estimate of drug-likeness (QED) is 0.632. The first-order valence-corrected chi connectivity index (χ1v) is 11.9. The Morgan fingerprint density at radius 1 is 1.10 bits per heavy atom. The van der Waals surface area contributed by atoms with E-state index >= 15 is 0 Å². The highest BCUT2D eigenvalue weighted by Gasteiger charge is 2.34. The second-order valence-electron chi connectivity index (χ2n) is 9.77. The first-order valence-electron chi connectivity index (χ1n) is 11.9. The second-order valence-corrected chi connectivity index (χ2v) is 9.77. The van der Waals surface area contributed by atoms with Crippen molar-refractivity contribution in [2.75, 3.05) is 46.4 Å². The molecule has 0 aromatic heterocycles. The fourth-order valence-electron chi connectivity index (χ4n) is 4.75. The lowest BCUT2D eigenvalue weighted by Crippen LogP contribution is -2.49. The monoisotopic (exact) mass is 431 g/mol. The average Bonchev–Trinajstić information content (AvgIpc) is 2.91. The Morgan fingerprint density at radius 3 is 2.48 bits per heavy atom. The van der Waals surface area contributed by atoms with Crippen LogP contribution in [0.1, 0.15) is 46.1 Å². The van der Waals surface area contributed by atoms with Crippen molar-refractivity contribution >= 4 is 5.91 Å². The number of rotatable bonds is 8. The van der Waals surface area contributed by atoms with Gasteiger partial charge in [-0.1, -0.05) is 26.0 Å². The Morgan fingerprint density at radius 2 is 1.84 bits per heavy atom. The summed E-state index contributed by atoms with van der Waals surface area (Å²) in [5, 5.41) is 0. The molecule has 3 rings (SSSR count). The van der Waals surface area contributed by atoms with Crippen molar-refractivity contribution in [1.82, 2.24) is 14.7 Å². The number of nitrogens with zero attached hydrogens (tertiary/aromatic N) is 3. The molecule has 2 saturated heterocycles. The molecule has 174 valence electrons. The minimum Gasteiger partial charge on any atom is -0.497 e. The van der Waals surface area contributed by atoms with Crippen molar-refractivity contribution in [1.29, 1.82) is 0 Å². The van der Waals surface area contributed by atoms with E-state index in [2.05, 4.69) is 43.6 Å². The molecule has 0 spiro atoms. The smallest absolute Gasteiger partial charge is 0.236 e. The number of benzene rings is 1. The summed E-state index contributed by atoms with van der Waals surface area (Å²) >= 11 is 0. The van der Waals surface area contributed by atoms with Gasteiger partial charge in [-0.3, -0.25) is 9.69 Å². The van der Waals surface area contributed by atoms with Crippen molar-refractivity contribution in [2.45, 2.75) is 65.3 Å². The van der Waals surface area contributed by atoms with Crippen LogP contribution in [0.4, 0.5) is 0 Å². The molecular weight excluding hydrogens is 390 g/mol. The Hall–Kier alpha value is -1.63. The summed E-state index contributed by atoms with van der Waals surface area (Å²) in [5.41, 5.74) is 1.10. The van der Waals surface area contributed by atoms with Crippen LogP contribution < -0.4 is 4.74 Å². The van der Waals surface area contributed by atoms with Gasteiger partial charge in [-0.15, -0.1) is 0 Å². The average molecular weight is 432 g/mol. The van der Waals surface area contributed by atoms with Gasteiger partial charge in [0.25, 0.3) is 0 Å². The Bertz CT molecular complexity index is 701. The van der Waals surface area contributed by atoms with Gasteiger partial charge in [-0.05, 0) is 63.4 Å². The summed E-state index contributed by atoms with van der Waals surface area (Å²) in [6.45, 7) is 14.4. The maximum absolute atomic E-state index is 13.1. The van der Waals surface area contributed by atoms with Crippen LogP contribution in [-0.2, 0) is 16.1 Å². The lowest BCUT2D eigenvalue weighted by molar-refractivity contribution is -0.132. The third-order valence-electron chi connectivity index (χ3n) is 6.50. The van der Waals surface area contributed by atoms with Gasteiger partial charge >= 0.3 is 0 Å². The van der Waals surface area contributed by atoms with Crippen LogP contribution in [0.15, 0.2) is 24.3 Å². The first kappa shape index (κ1) is 24.0. The molecule has 0 radical (unpaired) electrons. The van der Waals surface area contributed by atoms with E-state index in [1.54, 1.807) is 7.11 Å². The Balaban J connectivity index is 1.67. The van der Waals surface area contributed by atoms with E-state index in [1.807, 2.05) is 23.1 Å². The van der Waals surface area contributed by atoms with E-state index in [0.717, 1.165) is 50.3 Å². The molecule has 31 heavy (non-hydrogen) atoms. The lowest BCUT2D eigenvalue weighted by Gasteiger charge is -2.39. The zero-order valence-electron chi connectivity index (χ0n) is 20.0. The van der Waals surface area contributed by atoms with Crippen LogP contribution in [0.3, 0.4) is 0 Å². The Kier molecular flexibility index (Phi) is 8.76. The predicted molar refractivity (Wildman–Crippen MR) is 124 cm³/mol. The number of likely N-dealkylation sites (tertiary alicyclic amines) is 1. The molecule has 0 N–H and O–H groups in total. The first-order chi connectivity index (χ1) is 14.9. The largest absolute Gasteiger partial charge is 0.497 e. The topological polar surface area (TPSA) is 45.3 Å². The molecule has 2 aliphatic heterocycles. The van der Waals surface area contributed by atoms with Gasteiger partial charge in [0.05, 0.1) is 26.4 Å². The normalized spacial score (nSPS) is 22.4. The molecule has 0 unspecified atom stereocenters. The minimum atomic E-state index is 0.0135. The Labute approximate surface area is 188 Å². The number of hydrogen-bond acceptors (Lipinski definition) is 5. The summed E-state index contributed by atoms with van der Waals surface area (Å²) in [7, 11) is 1.68. The zero-order valence-corrected chi connectivity index (χ0v) is 20.0. The molecule has 0 aliphatic carbocycles. The van der Waals surface area contributed by atoms with Gasteiger partial charge in [0.1, 0.15) is 5.75 Å². The molecule has 2 fully saturated rings. The van der Waals surface area contributed by atoms with Crippen LogP contribution in [0.25, 0.3) is 0 Å². The highest BCUT2D eigenvalue weighted by Crippen LogP contribution is 2.22. The molecule has 0 saturated carbocycles. The van der Waals surface area contributed by atoms with Crippen LogP contribution in [0.5, 0.6) is 5.75 Å². The minimum absolute atomic E-state index is 0.0135. The van der Waals surface area contributed by atoms with Gasteiger partial charge in [0.2, 0.25) is 5.91 Å². The molecule has 0 bridgehead atoms. The fraction of sp³-hybridized carbons (Fsp3) is 0.720. The zero-order chi connectivity index (χ0) is 22.4. The molecule has 2 aliphatic rings. The van der Waals surface area contributed by atoms with Gasteiger partial charge in [-0.25, -0.2) is 0 Å². The van der Waals surface area contributed by atoms with Gasteiger partial charge in [-0.2, -0.15) is 0 Å². The van der Waals surface area contributed by atoms with E-state index in [0.29, 0.717) is 37.7 Å². The molecule has 1 aromatic carbocycles. The highest BCUT2D eigenvalue weighted by molar-refractivity contribution is 5.78. The number of piperidine rings is 1. The maximum Gasteiger partial charge on any atom is 0.236 e. The summed E-state index contributed by atoms with van der Waals surface area (Å²) in [6.07, 6.45) is 2.26. The number of carbonyl (C=O) groups is 1. The molecule has 6 nitrogen and oxygen atoms in total. The number of carbonyl (C=O) groups excluding carboxylic acids is 1. The SMILES string of the molecule is COc1cccc(CO[C@@H]2CN(CC(C)C)C(=O)CN(C3CCN(C(C)C)CC3)C2)c1. The van der Waals surface area contributed by atoms with Gasteiger partial charge < -0.3 is 19.3 Å². The van der Waals surface area contributed by atoms with Crippen molar-refractivity contribution < 1.29 is 14.3 Å². The maximum atomic E-state index is 13.1. The van der Waals surface area contributed by atoms with Gasteiger partial charge in [0, 0.05) is 31.7 Å². The predicted octanol–water partition coefficient (Wildman–Crippen LogP) is 3.25. The fourth-order valence-corrected chi connectivity index (χ4v) is 4.75. The summed E-state index contributed by atoms with van der Waals surface area (Å²) in [5.74, 6) is 1.54. The molecule has 6 heteroatoms. The standard InChI is InChI=1S/C25H41N3O3/c1-19(2)14-28-16-24(31-18-21-7-6-8-23(13-21)30-5)15-27(17-25(28)29)22-9-11-26(12-10-22)20(3)4/h6-8,13,19-20,22,24H,9-12,14-18H2,1-5H3/t24-/m0/s1. The van der Waals surface area contributed by atoms with E-state index in [4.69, 9.17) is 9.47 Å². The lowest BCUT2D eigenvalue weighted by atomic mass is 10.0. The third-order valence-corrected chi connectivity index (χ3v) is 6.50. The number of methoxy groups -OCH3 is 1. The summed E-state index contributed by atoms with van der Waals surface area (Å²) in [4.78, 5) is 20.0. The van der Waals surface area contributed by atoms with E-state index in [1.165, 1.54) is 0 Å². The number of ether oxygens (including phenoxy) is 2. The molecule has 2 heterocycles. The van der Waals surface area contributed by atoms with Crippen LogP contribution in [-0.4, -0.2) is 85.2 Å². The number of amides is 1. The van der Waals surface area contributed by atoms with Gasteiger partial charge in [0.15, 0.2) is 0 Å². The van der Waals surface area contributed by atoms with Crippen LogP contribution >= 0.6 is 0 Å². The van der Waals surface area contributed by atoms with Crippen molar-refractivity contribution in [3.05, 3.63) is 29.8 Å². The van der Waals surface area contributed by atoms with E-state index in [9.17, 15) is 4.79 Å². The van der Waals surface area contributed by atoms with Crippen molar-refractivity contribution in [2.24, 2.45) is 5.92 Å². The third kappa shape index (κ3) is 6.93. The summed E-state index contributed by atoms with van der Waals surface area (Å²) in [6, 6.07) is 9.08. The van der Waals surface area contributed by atoms with E-state index in [-0.39, 0.29) is 12.0 Å². The molecule has 1 atom stereocenters. The number of hydrogen-bond donors (Lipinski definition) is 0. The molecular formula is C25H41N3O3. The van der Waals surface area contributed by atoms with E-state index < -0.39 is 0 Å². The molecule has 1 amide bonds. The summed E-state index contributed by atoms with van der Waals surface area (Å²) < 4.78 is 11.7. The second kappa shape index (κ2) is 11.3. The molecule has 1 aromatic rings. The highest BCUT2D eigenvalue weighted by atomic mass is 16.5. The van der Waals surface area contributed by atoms with Crippen molar-refractivity contribution in [3.63, 3.8) is 0 Å².